The van der Waals surface area contributed by atoms with Gasteiger partial charge in [-0.3, -0.25) is 0 Å². The average molecular weight is 1280 g/mol. The first-order chi connectivity index (χ1) is 49.1. The Morgan fingerprint density at radius 3 is 1.09 bits per heavy atom. The molecule has 0 saturated carbocycles. The molecular weight excluding hydrogens is 1230 g/mol. The Bertz CT molecular complexity index is 6780. The lowest BCUT2D eigenvalue weighted by Crippen LogP contribution is -2.00. The summed E-state index contributed by atoms with van der Waals surface area (Å²) >= 11 is 1.85. The van der Waals surface area contributed by atoms with Crippen LogP contribution in [0.4, 0.5) is 0 Å². The number of hydrogen-bond acceptors (Lipinski definition) is 7. The normalized spacial score (nSPS) is 12.0. The van der Waals surface area contributed by atoms with Crippen molar-refractivity contribution < 1.29 is 0 Å². The summed E-state index contributed by atoms with van der Waals surface area (Å²) in [5.74, 6) is 3.75. The maximum absolute atomic E-state index is 5.47. The van der Waals surface area contributed by atoms with E-state index in [0.29, 0.717) is 34.9 Å². The Hall–Kier alpha value is -13.1. The van der Waals surface area contributed by atoms with Crippen LogP contribution in [0.1, 0.15) is 0 Å². The van der Waals surface area contributed by atoms with Crippen molar-refractivity contribution in [2.45, 2.75) is 0 Å². The highest BCUT2D eigenvalue weighted by Crippen LogP contribution is 2.49. The van der Waals surface area contributed by atoms with Crippen LogP contribution in [-0.4, -0.2) is 38.7 Å². The zero-order valence-electron chi connectivity index (χ0n) is 53.0. The van der Waals surface area contributed by atoms with Gasteiger partial charge < -0.3 is 8.80 Å². The van der Waals surface area contributed by atoms with Crippen LogP contribution < -0.4 is 0 Å². The summed E-state index contributed by atoms with van der Waals surface area (Å²) in [5, 5.41) is 11.9. The molecule has 9 heteroatoms. The lowest BCUT2D eigenvalue weighted by atomic mass is 9.95. The third kappa shape index (κ3) is 8.58. The third-order valence-corrected chi connectivity index (χ3v) is 21.3. The van der Waals surface area contributed by atoms with Crippen molar-refractivity contribution in [3.8, 4) is 113 Å². The molecule has 0 saturated heterocycles. The van der Waals surface area contributed by atoms with Gasteiger partial charge in [0.15, 0.2) is 34.9 Å². The maximum atomic E-state index is 5.47. The van der Waals surface area contributed by atoms with Crippen LogP contribution in [0.5, 0.6) is 0 Å². The Labute approximate surface area is 571 Å². The van der Waals surface area contributed by atoms with Crippen LogP contribution in [0.15, 0.2) is 315 Å². The van der Waals surface area contributed by atoms with E-state index in [0.717, 1.165) is 110 Å². The number of thiophene rings is 1. The predicted octanol–water partition coefficient (Wildman–Crippen LogP) is 23.4. The highest BCUT2D eigenvalue weighted by atomic mass is 32.1. The fourth-order valence-corrected chi connectivity index (χ4v) is 16.7. The summed E-state index contributed by atoms with van der Waals surface area (Å²) in [4.78, 5) is 31.6. The van der Waals surface area contributed by atoms with Gasteiger partial charge in [0.25, 0.3) is 0 Å². The molecule has 0 spiro atoms. The van der Waals surface area contributed by atoms with E-state index in [-0.39, 0.29) is 0 Å². The van der Waals surface area contributed by atoms with E-state index in [2.05, 4.69) is 270 Å². The summed E-state index contributed by atoms with van der Waals surface area (Å²) in [5.41, 5.74) is 21.6. The van der Waals surface area contributed by atoms with E-state index in [9.17, 15) is 0 Å². The minimum Gasteiger partial charge on any atom is -0.307 e. The summed E-state index contributed by atoms with van der Waals surface area (Å²) in [7, 11) is 0. The molecule has 8 nitrogen and oxygen atoms in total. The van der Waals surface area contributed by atoms with E-state index in [4.69, 9.17) is 29.9 Å². The zero-order valence-corrected chi connectivity index (χ0v) is 53.8. The molecule has 7 aromatic heterocycles. The van der Waals surface area contributed by atoms with Crippen LogP contribution >= 0.6 is 11.3 Å². The van der Waals surface area contributed by atoms with Crippen LogP contribution in [0, 0.1) is 0 Å². The second kappa shape index (κ2) is 21.7. The molecule has 0 N–H and O–H groups in total. The minimum atomic E-state index is 0.604. The lowest BCUT2D eigenvalue weighted by molar-refractivity contribution is 1.08. The van der Waals surface area contributed by atoms with E-state index in [1.165, 1.54) is 63.9 Å². The molecule has 21 aromatic rings. The fourth-order valence-electron chi connectivity index (χ4n) is 15.7. The molecule has 0 atom stereocenters. The highest BCUT2D eigenvalue weighted by molar-refractivity contribution is 7.25. The zero-order chi connectivity index (χ0) is 64.8. The quantitative estimate of drug-likeness (QED) is 0.136. The molecule has 0 radical (unpaired) electrons. The number of benzene rings is 14. The van der Waals surface area contributed by atoms with Gasteiger partial charge in [0.05, 0.1) is 33.1 Å². The summed E-state index contributed by atoms with van der Waals surface area (Å²) in [6.45, 7) is 0. The van der Waals surface area contributed by atoms with E-state index in [1.807, 2.05) is 65.9 Å². The highest BCUT2D eigenvalue weighted by Gasteiger charge is 2.27. The molecule has 0 aliphatic rings. The lowest BCUT2D eigenvalue weighted by Gasteiger charge is -2.11. The summed E-state index contributed by atoms with van der Waals surface area (Å²) in [6, 6.07) is 113. The van der Waals surface area contributed by atoms with Gasteiger partial charge in [0.2, 0.25) is 0 Å². The molecule has 0 unspecified atom stereocenters. The molecule has 0 fully saturated rings. The average Bonchev–Trinajstić information content (AvgIpc) is 1.54. The number of fused-ring (bicyclic) bond motifs is 15. The maximum Gasteiger partial charge on any atom is 0.164 e. The smallest absolute Gasteiger partial charge is 0.164 e. The first-order valence-electron chi connectivity index (χ1n) is 33.4. The monoisotopic (exact) mass is 1280 g/mol. The Kier molecular flexibility index (Phi) is 12.1. The molecule has 0 aliphatic carbocycles. The van der Waals surface area contributed by atoms with Crippen molar-refractivity contribution in [3.63, 3.8) is 0 Å². The van der Waals surface area contributed by atoms with E-state index in [1.54, 1.807) is 0 Å². The van der Waals surface area contributed by atoms with E-state index < -0.39 is 0 Å². The van der Waals surface area contributed by atoms with Crippen molar-refractivity contribution in [1.82, 2.24) is 38.7 Å². The topological polar surface area (TPSA) is 86.2 Å². The van der Waals surface area contributed by atoms with Crippen LogP contribution in [0.3, 0.4) is 0 Å². The molecule has 0 aliphatic heterocycles. The summed E-state index contributed by atoms with van der Waals surface area (Å²) < 4.78 is 7.56. The molecule has 458 valence electrons. The second-order valence-corrected chi connectivity index (χ2v) is 26.7. The van der Waals surface area contributed by atoms with Gasteiger partial charge in [-0.05, 0) is 88.0 Å². The van der Waals surface area contributed by atoms with Gasteiger partial charge in [0, 0.05) is 108 Å². The van der Waals surface area contributed by atoms with Gasteiger partial charge >= 0.3 is 0 Å². The van der Waals surface area contributed by atoms with Crippen LogP contribution in [0.25, 0.3) is 209 Å². The third-order valence-electron chi connectivity index (χ3n) is 20.1. The Morgan fingerprint density at radius 2 is 0.556 bits per heavy atom. The van der Waals surface area contributed by atoms with Gasteiger partial charge in [-0.1, -0.05) is 261 Å². The van der Waals surface area contributed by atoms with Gasteiger partial charge in [0.1, 0.15) is 0 Å². The summed E-state index contributed by atoms with van der Waals surface area (Å²) in [6.07, 6.45) is 0. The van der Waals surface area contributed by atoms with Crippen molar-refractivity contribution in [2.24, 2.45) is 0 Å². The van der Waals surface area contributed by atoms with Crippen LogP contribution in [-0.2, 0) is 0 Å². The fraction of sp³-hybridized carbons (Fsp3) is 0. The number of para-hydroxylation sites is 4. The number of hydrogen-bond donors (Lipinski definition) is 0. The predicted molar refractivity (Wildman–Crippen MR) is 410 cm³/mol. The number of rotatable bonds is 10. The van der Waals surface area contributed by atoms with Crippen molar-refractivity contribution in [3.05, 3.63) is 315 Å². The molecule has 0 bridgehead atoms. The van der Waals surface area contributed by atoms with E-state index >= 15 is 0 Å². The standard InChI is InChI=1S/C90H52N8S/c1-4-20-55(21-5-1)85-91-86(56-22-6-2-7-23-56)94-89(93-85)72-47-45-68-66-35-18-33-63(81(66)97-75-37-13-10-31-70(75)79(72)83(68)97)54-42-40-53(41-43-54)58-26-16-27-59(50-58)60-28-17-29-62(51-60)88-92-87(57-24-8-3-9-25-57)95-90(96-88)73-48-46-69-67-36-19-34-64(82(67)98-76-38-14-11-32-71(76)80(73)84(69)98)61-44-49-78-74(52-61)65-30-12-15-39-77(65)99-78/h1-52H. The van der Waals surface area contributed by atoms with Gasteiger partial charge in [-0.25, -0.2) is 29.9 Å². The van der Waals surface area contributed by atoms with Crippen LogP contribution in [0.2, 0.25) is 0 Å². The molecule has 14 aromatic carbocycles. The SMILES string of the molecule is c1ccc(-c2nc(-c3ccccc3)nc(-c3ccc4c5cccc(-c6ccc(-c7cccc(-c8cccc(-c9nc(-c%10ccccc%10)nc(-c%10ccc%11c%12cccc(-c%13ccc%14sc%15ccccc%15c%14c%13)c%12n%12c%13ccccc%13c%10c%11%12)n9)c8)c7)cc6)c5n5c6ccccc6c3c45)n2)cc1. The van der Waals surface area contributed by atoms with Gasteiger partial charge in [-0.2, -0.15) is 0 Å². The Morgan fingerprint density at radius 1 is 0.192 bits per heavy atom. The van der Waals surface area contributed by atoms with Crippen molar-refractivity contribution in [2.75, 3.05) is 0 Å². The number of aromatic nitrogens is 8. The molecule has 21 rings (SSSR count). The first kappa shape index (κ1) is 55.2. The Balaban J connectivity index is 0.647. The second-order valence-electron chi connectivity index (χ2n) is 25.6. The molecule has 7 heterocycles. The van der Waals surface area contributed by atoms with Gasteiger partial charge in [-0.15, -0.1) is 11.3 Å². The molecule has 0 amide bonds. The first-order valence-corrected chi connectivity index (χ1v) is 34.2. The molecular formula is C90H52N8S. The molecule has 99 heavy (non-hydrogen) atoms. The van der Waals surface area contributed by atoms with Crippen molar-refractivity contribution in [1.29, 1.82) is 0 Å². The van der Waals surface area contributed by atoms with Crippen molar-refractivity contribution >= 4 is 108 Å². The number of nitrogens with zero attached hydrogens (tertiary/aromatic N) is 8. The minimum absolute atomic E-state index is 0.604. The largest absolute Gasteiger partial charge is 0.307 e.